The van der Waals surface area contributed by atoms with Gasteiger partial charge in [-0.3, -0.25) is 4.79 Å². The number of nitrogens with one attached hydrogen (secondary N) is 1. The number of ketones is 1. The third kappa shape index (κ3) is 2.83. The number of esters is 1. The van der Waals surface area contributed by atoms with Gasteiger partial charge in [0.15, 0.2) is 5.54 Å². The molecular formula is C19H15F6NO4. The van der Waals surface area contributed by atoms with Crippen LogP contribution in [0, 0.1) is 0 Å². The Balaban J connectivity index is 2.43. The molecule has 11 heteroatoms. The molecule has 1 aliphatic rings. The summed E-state index contributed by atoms with van der Waals surface area (Å²) in [5, 5.41) is 12.6. The Kier molecular flexibility index (Phi) is 4.81. The summed E-state index contributed by atoms with van der Waals surface area (Å²) in [6, 6.07) is 5.28. The van der Waals surface area contributed by atoms with E-state index in [1.54, 1.807) is 0 Å². The number of rotatable bonds is 3. The Hall–Kier alpha value is -2.82. The molecule has 0 saturated heterocycles. The van der Waals surface area contributed by atoms with Crippen LogP contribution in [0.5, 0.6) is 0 Å². The standard InChI is InChI=1S/C19H15F6NO4/c1-3-30-15(28)16(2)17(29,19(23,24)25)12-8-11(14(27)18(20,21)22)9-6-4-5-7-10(9)13(12)26-16/h4-8,26,29H,3H2,1-2H3. The molecule has 0 fully saturated rings. The van der Waals surface area contributed by atoms with Crippen molar-refractivity contribution in [2.45, 2.75) is 37.3 Å². The van der Waals surface area contributed by atoms with E-state index < -0.39 is 52.1 Å². The molecule has 2 atom stereocenters. The quantitative estimate of drug-likeness (QED) is 0.432. The number of anilines is 1. The molecule has 0 aliphatic carbocycles. The predicted molar refractivity (Wildman–Crippen MR) is 92.9 cm³/mol. The van der Waals surface area contributed by atoms with Crippen LogP contribution in [0.1, 0.15) is 29.8 Å². The van der Waals surface area contributed by atoms with Gasteiger partial charge in [-0.1, -0.05) is 24.3 Å². The molecule has 0 bridgehead atoms. The van der Waals surface area contributed by atoms with E-state index in [0.29, 0.717) is 6.07 Å². The van der Waals surface area contributed by atoms with Gasteiger partial charge in [-0.15, -0.1) is 0 Å². The van der Waals surface area contributed by atoms with Crippen LogP contribution in [0.25, 0.3) is 10.8 Å². The highest BCUT2D eigenvalue weighted by molar-refractivity contribution is 6.15. The third-order valence-electron chi connectivity index (χ3n) is 5.13. The SMILES string of the molecule is CCOC(=O)C1(C)Nc2c(cc(C(=O)C(F)(F)F)c3ccccc23)C1(O)C(F)(F)F. The van der Waals surface area contributed by atoms with E-state index in [2.05, 4.69) is 10.1 Å². The molecule has 162 valence electrons. The number of hydrogen-bond acceptors (Lipinski definition) is 5. The minimum Gasteiger partial charge on any atom is -0.464 e. The molecule has 2 aromatic carbocycles. The summed E-state index contributed by atoms with van der Waals surface area (Å²) in [4.78, 5) is 24.4. The number of Topliss-reactive ketones (excluding diaryl/α,β-unsaturated/α-hetero) is 1. The van der Waals surface area contributed by atoms with E-state index in [-0.39, 0.29) is 17.4 Å². The minimum atomic E-state index is -5.51. The van der Waals surface area contributed by atoms with Crippen molar-refractivity contribution in [3.63, 3.8) is 0 Å². The first-order valence-corrected chi connectivity index (χ1v) is 8.62. The number of hydrogen-bond donors (Lipinski definition) is 2. The fourth-order valence-electron chi connectivity index (χ4n) is 3.66. The van der Waals surface area contributed by atoms with Gasteiger partial charge in [0.25, 0.3) is 5.78 Å². The lowest BCUT2D eigenvalue weighted by Crippen LogP contribution is -2.63. The highest BCUT2D eigenvalue weighted by Gasteiger charge is 2.73. The van der Waals surface area contributed by atoms with E-state index in [0.717, 1.165) is 13.0 Å². The molecular weight excluding hydrogens is 420 g/mol. The van der Waals surface area contributed by atoms with Gasteiger partial charge in [0.2, 0.25) is 5.60 Å². The second kappa shape index (κ2) is 6.59. The number of benzene rings is 2. The van der Waals surface area contributed by atoms with Gasteiger partial charge in [0, 0.05) is 22.2 Å². The second-order valence-corrected chi connectivity index (χ2v) is 6.90. The molecule has 0 amide bonds. The molecule has 0 saturated carbocycles. The molecule has 30 heavy (non-hydrogen) atoms. The van der Waals surface area contributed by atoms with Gasteiger partial charge < -0.3 is 15.2 Å². The molecule has 0 aromatic heterocycles. The lowest BCUT2D eigenvalue weighted by Gasteiger charge is -2.38. The van der Waals surface area contributed by atoms with Crippen LogP contribution in [-0.2, 0) is 15.1 Å². The molecule has 0 radical (unpaired) electrons. The topological polar surface area (TPSA) is 75.6 Å². The van der Waals surface area contributed by atoms with Crippen molar-refractivity contribution >= 4 is 28.2 Å². The zero-order chi connectivity index (χ0) is 22.7. The van der Waals surface area contributed by atoms with Gasteiger partial charge in [-0.25, -0.2) is 4.79 Å². The summed E-state index contributed by atoms with van der Waals surface area (Å²) in [6.45, 7) is 1.77. The fraction of sp³-hybridized carbons (Fsp3) is 0.368. The van der Waals surface area contributed by atoms with Crippen LogP contribution in [-0.4, -0.2) is 41.4 Å². The van der Waals surface area contributed by atoms with Gasteiger partial charge in [0.05, 0.1) is 6.61 Å². The zero-order valence-electron chi connectivity index (χ0n) is 15.5. The van der Waals surface area contributed by atoms with E-state index in [4.69, 9.17) is 0 Å². The predicted octanol–water partition coefficient (Wildman–Crippen LogP) is 4.08. The average molecular weight is 435 g/mol. The summed E-state index contributed by atoms with van der Waals surface area (Å²) < 4.78 is 86.2. The second-order valence-electron chi connectivity index (χ2n) is 6.90. The molecule has 0 spiro atoms. The smallest absolute Gasteiger partial charge is 0.454 e. The summed E-state index contributed by atoms with van der Waals surface area (Å²) in [6.07, 6.45) is -10.9. The van der Waals surface area contributed by atoms with Gasteiger partial charge in [-0.2, -0.15) is 26.3 Å². The number of carbonyl (C=O) groups is 2. The summed E-state index contributed by atoms with van der Waals surface area (Å²) in [7, 11) is 0. The van der Waals surface area contributed by atoms with Crippen LogP contribution in [0.4, 0.5) is 32.0 Å². The molecule has 5 nitrogen and oxygen atoms in total. The number of fused-ring (bicyclic) bond motifs is 3. The molecule has 2 aromatic rings. The summed E-state index contributed by atoms with van der Waals surface area (Å²) in [5.41, 5.74) is -9.34. The number of halogens is 6. The van der Waals surface area contributed by atoms with Gasteiger partial charge in [-0.05, 0) is 25.3 Å². The Morgan fingerprint density at radius 1 is 1.10 bits per heavy atom. The van der Waals surface area contributed by atoms with E-state index >= 15 is 0 Å². The van der Waals surface area contributed by atoms with Crippen molar-refractivity contribution in [2.24, 2.45) is 0 Å². The molecule has 1 aliphatic heterocycles. The van der Waals surface area contributed by atoms with Crippen molar-refractivity contribution < 1.29 is 45.8 Å². The molecule has 2 unspecified atom stereocenters. The van der Waals surface area contributed by atoms with E-state index in [9.17, 15) is 41.0 Å². The number of carbonyl (C=O) groups excluding carboxylic acids is 2. The zero-order valence-corrected chi connectivity index (χ0v) is 15.5. The van der Waals surface area contributed by atoms with Crippen molar-refractivity contribution in [3.8, 4) is 0 Å². The lowest BCUT2D eigenvalue weighted by molar-refractivity contribution is -0.282. The summed E-state index contributed by atoms with van der Waals surface area (Å²) in [5.74, 6) is -3.84. The maximum atomic E-state index is 14.1. The van der Waals surface area contributed by atoms with Crippen molar-refractivity contribution in [1.29, 1.82) is 0 Å². The lowest BCUT2D eigenvalue weighted by atomic mass is 9.77. The first-order chi connectivity index (χ1) is 13.7. The van der Waals surface area contributed by atoms with Crippen LogP contribution >= 0.6 is 0 Å². The molecule has 3 rings (SSSR count). The average Bonchev–Trinajstić information content (AvgIpc) is 2.89. The van der Waals surface area contributed by atoms with E-state index in [1.807, 2.05) is 0 Å². The van der Waals surface area contributed by atoms with E-state index in [1.165, 1.54) is 25.1 Å². The maximum Gasteiger partial charge on any atom is 0.454 e. The third-order valence-corrected chi connectivity index (χ3v) is 5.13. The number of aliphatic hydroxyl groups is 1. The Morgan fingerprint density at radius 2 is 1.67 bits per heavy atom. The number of ether oxygens (including phenoxy) is 1. The number of alkyl halides is 6. The van der Waals surface area contributed by atoms with Crippen molar-refractivity contribution in [3.05, 3.63) is 41.5 Å². The minimum absolute atomic E-state index is 0.196. The highest BCUT2D eigenvalue weighted by atomic mass is 19.4. The normalized spacial score (nSPS) is 23.8. The van der Waals surface area contributed by atoms with Crippen molar-refractivity contribution in [2.75, 3.05) is 11.9 Å². The monoisotopic (exact) mass is 435 g/mol. The van der Waals surface area contributed by atoms with Crippen LogP contribution < -0.4 is 5.32 Å². The van der Waals surface area contributed by atoms with Crippen LogP contribution in [0.15, 0.2) is 30.3 Å². The molecule has 2 N–H and O–H groups in total. The Morgan fingerprint density at radius 3 is 2.17 bits per heavy atom. The van der Waals surface area contributed by atoms with Crippen molar-refractivity contribution in [1.82, 2.24) is 0 Å². The van der Waals surface area contributed by atoms with Gasteiger partial charge >= 0.3 is 18.3 Å². The van der Waals surface area contributed by atoms with Crippen LogP contribution in [0.3, 0.4) is 0 Å². The fourth-order valence-corrected chi connectivity index (χ4v) is 3.66. The molecule has 1 heterocycles. The highest BCUT2D eigenvalue weighted by Crippen LogP contribution is 2.57. The maximum absolute atomic E-state index is 14.1. The Labute approximate surface area is 165 Å². The van der Waals surface area contributed by atoms with Crippen LogP contribution in [0.2, 0.25) is 0 Å². The Bertz CT molecular complexity index is 1050. The van der Waals surface area contributed by atoms with Gasteiger partial charge in [0.1, 0.15) is 0 Å². The first-order valence-electron chi connectivity index (χ1n) is 8.62. The first kappa shape index (κ1) is 21.9. The largest absolute Gasteiger partial charge is 0.464 e. The summed E-state index contributed by atoms with van der Waals surface area (Å²) >= 11 is 0.